The molecule has 130 valence electrons. The number of benzene rings is 1. The molecule has 0 bridgehead atoms. The van der Waals surface area contributed by atoms with Crippen LogP contribution in [0.3, 0.4) is 0 Å². The smallest absolute Gasteiger partial charge is 0.337 e. The van der Waals surface area contributed by atoms with E-state index < -0.39 is 12.0 Å². The monoisotopic (exact) mass is 350 g/mol. The van der Waals surface area contributed by atoms with Crippen LogP contribution in [-0.2, 0) is 9.53 Å². The van der Waals surface area contributed by atoms with Crippen molar-refractivity contribution >= 4 is 23.3 Å². The molecule has 0 spiro atoms. The lowest BCUT2D eigenvalue weighted by atomic mass is 9.94. The number of allylic oxidation sites excluding steroid dienone is 1. The minimum atomic E-state index is -0.479. The highest BCUT2D eigenvalue weighted by atomic mass is 32.1. The second-order valence-corrected chi connectivity index (χ2v) is 5.70. The first-order chi connectivity index (χ1) is 11.5. The number of thiocarbonyl (C=S) groups is 1. The van der Waals surface area contributed by atoms with Gasteiger partial charge in [-0.3, -0.25) is 0 Å². The van der Waals surface area contributed by atoms with Gasteiger partial charge in [-0.25, -0.2) is 4.79 Å². The van der Waals surface area contributed by atoms with Crippen LogP contribution in [0.15, 0.2) is 29.5 Å². The van der Waals surface area contributed by atoms with Gasteiger partial charge in [0.2, 0.25) is 0 Å². The normalized spacial score (nSPS) is 17.0. The summed E-state index contributed by atoms with van der Waals surface area (Å²) in [6, 6.07) is 5.08. The second-order valence-electron chi connectivity index (χ2n) is 5.29. The number of carbonyl (C=O) groups is 1. The third-order valence-electron chi connectivity index (χ3n) is 3.67. The molecule has 7 heteroatoms. The van der Waals surface area contributed by atoms with Crippen molar-refractivity contribution in [2.75, 3.05) is 20.8 Å². The lowest BCUT2D eigenvalue weighted by Gasteiger charge is -2.31. The number of para-hydroxylation sites is 1. The summed E-state index contributed by atoms with van der Waals surface area (Å²) in [4.78, 5) is 12.3. The summed E-state index contributed by atoms with van der Waals surface area (Å²) < 4.78 is 16.2. The number of hydrogen-bond donors (Lipinski definition) is 2. The molecular weight excluding hydrogens is 328 g/mol. The van der Waals surface area contributed by atoms with Crippen LogP contribution >= 0.6 is 12.2 Å². The number of ether oxygens (including phenoxy) is 3. The molecule has 0 saturated carbocycles. The van der Waals surface area contributed by atoms with E-state index >= 15 is 0 Å². The molecule has 1 aliphatic heterocycles. The van der Waals surface area contributed by atoms with E-state index in [-0.39, 0.29) is 0 Å². The highest BCUT2D eigenvalue weighted by Crippen LogP contribution is 2.39. The van der Waals surface area contributed by atoms with E-state index in [0.29, 0.717) is 34.5 Å². The Labute approximate surface area is 147 Å². The van der Waals surface area contributed by atoms with Gasteiger partial charge in [0.1, 0.15) is 0 Å². The molecule has 0 aromatic heterocycles. The van der Waals surface area contributed by atoms with Gasteiger partial charge in [0.15, 0.2) is 16.6 Å². The van der Waals surface area contributed by atoms with Crippen LogP contribution in [-0.4, -0.2) is 31.9 Å². The average Bonchev–Trinajstić information content (AvgIpc) is 2.58. The van der Waals surface area contributed by atoms with Gasteiger partial charge in [-0.05, 0) is 31.6 Å². The van der Waals surface area contributed by atoms with Crippen molar-refractivity contribution in [1.82, 2.24) is 10.6 Å². The summed E-state index contributed by atoms with van der Waals surface area (Å²) in [6.45, 7) is 4.36. The van der Waals surface area contributed by atoms with Crippen LogP contribution < -0.4 is 20.1 Å². The highest BCUT2D eigenvalue weighted by Gasteiger charge is 2.33. The molecule has 1 atom stereocenters. The summed E-state index contributed by atoms with van der Waals surface area (Å²) >= 11 is 5.25. The minimum absolute atomic E-state index is 0.427. The highest BCUT2D eigenvalue weighted by molar-refractivity contribution is 7.80. The van der Waals surface area contributed by atoms with E-state index in [1.807, 2.05) is 25.1 Å². The number of rotatable bonds is 6. The Morgan fingerprint density at radius 3 is 2.71 bits per heavy atom. The Morgan fingerprint density at radius 1 is 1.33 bits per heavy atom. The van der Waals surface area contributed by atoms with Crippen molar-refractivity contribution in [2.45, 2.75) is 26.3 Å². The summed E-state index contributed by atoms with van der Waals surface area (Å²) in [7, 11) is 2.94. The molecular formula is C17H22N2O4S. The molecule has 2 rings (SSSR count). The van der Waals surface area contributed by atoms with Gasteiger partial charge >= 0.3 is 5.97 Å². The second kappa shape index (κ2) is 8.01. The quantitative estimate of drug-likeness (QED) is 0.603. The van der Waals surface area contributed by atoms with Crippen LogP contribution in [0.2, 0.25) is 0 Å². The first-order valence-electron chi connectivity index (χ1n) is 7.69. The Balaban J connectivity index is 2.57. The largest absolute Gasteiger partial charge is 0.493 e. The zero-order valence-corrected chi connectivity index (χ0v) is 15.1. The van der Waals surface area contributed by atoms with Crippen molar-refractivity contribution in [3.05, 3.63) is 35.0 Å². The van der Waals surface area contributed by atoms with Crippen LogP contribution in [0.1, 0.15) is 31.9 Å². The molecule has 2 N–H and O–H groups in total. The zero-order chi connectivity index (χ0) is 17.7. The third-order valence-corrected chi connectivity index (χ3v) is 3.89. The van der Waals surface area contributed by atoms with Gasteiger partial charge in [0, 0.05) is 11.3 Å². The van der Waals surface area contributed by atoms with E-state index in [4.69, 9.17) is 26.4 Å². The number of esters is 1. The maximum atomic E-state index is 12.3. The van der Waals surface area contributed by atoms with Crippen molar-refractivity contribution in [1.29, 1.82) is 0 Å². The molecule has 0 amide bonds. The average molecular weight is 350 g/mol. The van der Waals surface area contributed by atoms with Gasteiger partial charge in [-0.15, -0.1) is 0 Å². The van der Waals surface area contributed by atoms with Crippen molar-refractivity contribution in [2.24, 2.45) is 0 Å². The predicted octanol–water partition coefficient (Wildman–Crippen LogP) is 2.45. The SMILES string of the molecule is CCCOc1c(OC)cccc1[C@H]1NC(=S)NC(C)=C1C(=O)OC. The molecule has 0 aliphatic carbocycles. The van der Waals surface area contributed by atoms with Gasteiger partial charge in [-0.1, -0.05) is 19.1 Å². The van der Waals surface area contributed by atoms with E-state index in [2.05, 4.69) is 10.6 Å². The van der Waals surface area contributed by atoms with Gasteiger partial charge < -0.3 is 24.8 Å². The van der Waals surface area contributed by atoms with Crippen LogP contribution in [0.25, 0.3) is 0 Å². The van der Waals surface area contributed by atoms with Crippen LogP contribution in [0, 0.1) is 0 Å². The summed E-state index contributed by atoms with van der Waals surface area (Å²) in [5.41, 5.74) is 1.88. The summed E-state index contributed by atoms with van der Waals surface area (Å²) in [6.07, 6.45) is 0.855. The Morgan fingerprint density at radius 2 is 2.08 bits per heavy atom. The maximum absolute atomic E-state index is 12.3. The lowest BCUT2D eigenvalue weighted by molar-refractivity contribution is -0.136. The molecule has 0 fully saturated rings. The lowest BCUT2D eigenvalue weighted by Crippen LogP contribution is -2.45. The van der Waals surface area contributed by atoms with E-state index in [1.165, 1.54) is 7.11 Å². The first-order valence-corrected chi connectivity index (χ1v) is 8.10. The van der Waals surface area contributed by atoms with Gasteiger partial charge in [0.05, 0.1) is 32.4 Å². The Bertz CT molecular complexity index is 673. The zero-order valence-electron chi connectivity index (χ0n) is 14.3. The molecule has 1 aromatic rings. The molecule has 0 radical (unpaired) electrons. The van der Waals surface area contributed by atoms with Crippen molar-refractivity contribution < 1.29 is 19.0 Å². The molecule has 0 saturated heterocycles. The minimum Gasteiger partial charge on any atom is -0.493 e. The number of hydrogen-bond acceptors (Lipinski definition) is 5. The van der Waals surface area contributed by atoms with Crippen LogP contribution in [0.4, 0.5) is 0 Å². The fourth-order valence-corrected chi connectivity index (χ4v) is 2.86. The van der Waals surface area contributed by atoms with Crippen molar-refractivity contribution in [3.63, 3.8) is 0 Å². The Hall–Kier alpha value is -2.28. The van der Waals surface area contributed by atoms with E-state index in [0.717, 1.165) is 12.0 Å². The molecule has 1 aromatic carbocycles. The van der Waals surface area contributed by atoms with Crippen molar-refractivity contribution in [3.8, 4) is 11.5 Å². The topological polar surface area (TPSA) is 68.8 Å². The summed E-state index contributed by atoms with van der Waals surface area (Å²) in [5.74, 6) is 0.775. The van der Waals surface area contributed by atoms with Gasteiger partial charge in [0.25, 0.3) is 0 Å². The van der Waals surface area contributed by atoms with Gasteiger partial charge in [-0.2, -0.15) is 0 Å². The number of carbonyl (C=O) groups excluding carboxylic acids is 1. The number of nitrogens with one attached hydrogen (secondary N) is 2. The molecule has 1 heterocycles. The van der Waals surface area contributed by atoms with E-state index in [9.17, 15) is 4.79 Å². The van der Waals surface area contributed by atoms with E-state index in [1.54, 1.807) is 14.0 Å². The Kier molecular flexibility index (Phi) is 6.03. The molecule has 24 heavy (non-hydrogen) atoms. The first kappa shape index (κ1) is 18.1. The number of methoxy groups -OCH3 is 2. The summed E-state index contributed by atoms with van der Waals surface area (Å²) in [5, 5.41) is 6.52. The predicted molar refractivity (Wildman–Crippen MR) is 95.1 cm³/mol. The molecule has 0 unspecified atom stereocenters. The fraction of sp³-hybridized carbons (Fsp3) is 0.412. The third kappa shape index (κ3) is 3.62. The fourth-order valence-electron chi connectivity index (χ4n) is 2.59. The maximum Gasteiger partial charge on any atom is 0.337 e. The standard InChI is InChI=1S/C17H22N2O4S/c1-5-9-23-15-11(7-6-8-12(15)21-3)14-13(16(20)22-4)10(2)18-17(24)19-14/h6-8,14H,5,9H2,1-4H3,(H2,18,19,24)/t14-/m1/s1. The molecule has 1 aliphatic rings. The van der Waals surface area contributed by atoms with Crippen LogP contribution in [0.5, 0.6) is 11.5 Å². The molecule has 6 nitrogen and oxygen atoms in total.